The normalized spacial score (nSPS) is 14.2. The molecule has 4 aromatic rings. The number of carbonyl (C=O) groups excluding carboxylic acids is 1. The zero-order chi connectivity index (χ0) is 22.9. The minimum Gasteiger partial charge on any atom is -0.371 e. The third kappa shape index (κ3) is 4.15. The van der Waals surface area contributed by atoms with E-state index in [0.29, 0.717) is 22.3 Å². The third-order valence-electron chi connectivity index (χ3n) is 5.99. The van der Waals surface area contributed by atoms with Gasteiger partial charge in [-0.1, -0.05) is 0 Å². The Kier molecular flexibility index (Phi) is 6.39. The molecule has 4 heterocycles. The lowest BCUT2D eigenvalue weighted by molar-refractivity contribution is 0.0963. The van der Waals surface area contributed by atoms with Gasteiger partial charge in [0.25, 0.3) is 5.91 Å². The fourth-order valence-corrected chi connectivity index (χ4v) is 5.37. The first-order chi connectivity index (χ1) is 16.1. The molecule has 0 spiro atoms. The van der Waals surface area contributed by atoms with Gasteiger partial charge in [-0.15, -0.1) is 0 Å². The second-order valence-electron chi connectivity index (χ2n) is 7.91. The molecule has 3 aromatic heterocycles. The van der Waals surface area contributed by atoms with E-state index in [2.05, 4.69) is 20.2 Å². The molecular weight excluding hydrogens is 556 g/mol. The summed E-state index contributed by atoms with van der Waals surface area (Å²) in [6.07, 6.45) is 8.52. The van der Waals surface area contributed by atoms with Gasteiger partial charge in [0.15, 0.2) is 5.65 Å². The van der Waals surface area contributed by atoms with Gasteiger partial charge in [-0.25, -0.2) is 11.9 Å². The topological polar surface area (TPSA) is 72.3 Å². The number of benzene rings is 1. The van der Waals surface area contributed by atoms with Crippen LogP contribution >= 0.6 is 35.2 Å². The zero-order valence-corrected chi connectivity index (χ0v) is 20.8. The standard InChI is InChI=1S/C23H21FIN5O2S/c1-26-23(31)15-10-16-18(13-30(33-32-25)22(16)28-12-15)14-9-17-20(29-7-3-2-4-8-29)5-6-27-21(17)19(24)11-14/h5-6,9-13H,2-4,7-8H2,1H3,(H,26,31). The fourth-order valence-electron chi connectivity index (χ4n) is 4.43. The number of carbonyl (C=O) groups is 1. The average Bonchev–Trinajstić information content (AvgIpc) is 3.21. The Labute approximate surface area is 208 Å². The smallest absolute Gasteiger partial charge is 0.252 e. The predicted molar refractivity (Wildman–Crippen MR) is 138 cm³/mol. The van der Waals surface area contributed by atoms with E-state index in [9.17, 15) is 4.79 Å². The maximum Gasteiger partial charge on any atom is 0.252 e. The number of rotatable bonds is 5. The highest BCUT2D eigenvalue weighted by molar-refractivity contribution is 14.1. The van der Waals surface area contributed by atoms with Crippen LogP contribution in [0.15, 0.2) is 42.9 Å². The van der Waals surface area contributed by atoms with Gasteiger partial charge >= 0.3 is 0 Å². The van der Waals surface area contributed by atoms with E-state index in [4.69, 9.17) is 2.51 Å². The Morgan fingerprint density at radius 2 is 2.00 bits per heavy atom. The van der Waals surface area contributed by atoms with Gasteiger partial charge in [0.05, 0.1) is 5.56 Å². The summed E-state index contributed by atoms with van der Waals surface area (Å²) < 4.78 is 22.3. The molecule has 7 nitrogen and oxygen atoms in total. The molecule has 1 N–H and O–H groups in total. The summed E-state index contributed by atoms with van der Waals surface area (Å²) in [6, 6.07) is 7.22. The number of anilines is 1. The van der Waals surface area contributed by atoms with Crippen LogP contribution < -0.4 is 10.2 Å². The van der Waals surface area contributed by atoms with Gasteiger partial charge in [-0.05, 0) is 49.1 Å². The lowest BCUT2D eigenvalue weighted by atomic mass is 10.0. The number of fused-ring (bicyclic) bond motifs is 2. The summed E-state index contributed by atoms with van der Waals surface area (Å²) in [4.78, 5) is 23.3. The summed E-state index contributed by atoms with van der Waals surface area (Å²) in [5.41, 5.74) is 3.88. The molecule has 0 aliphatic carbocycles. The van der Waals surface area contributed by atoms with Crippen LogP contribution in [0.3, 0.4) is 0 Å². The van der Waals surface area contributed by atoms with Gasteiger partial charge in [0, 0.05) is 60.8 Å². The molecule has 1 amide bonds. The van der Waals surface area contributed by atoms with Crippen molar-refractivity contribution in [2.75, 3.05) is 25.0 Å². The zero-order valence-electron chi connectivity index (χ0n) is 17.8. The third-order valence-corrected chi connectivity index (χ3v) is 6.97. The lowest BCUT2D eigenvalue weighted by Gasteiger charge is -2.29. The van der Waals surface area contributed by atoms with Crippen molar-refractivity contribution in [3.63, 3.8) is 0 Å². The van der Waals surface area contributed by atoms with E-state index in [0.717, 1.165) is 60.2 Å². The molecule has 0 unspecified atom stereocenters. The van der Waals surface area contributed by atoms with Crippen molar-refractivity contribution < 1.29 is 11.7 Å². The highest BCUT2D eigenvalue weighted by Crippen LogP contribution is 2.37. The number of nitrogens with one attached hydrogen (secondary N) is 1. The SMILES string of the molecule is CNC(=O)c1cnc2c(c1)c(-c1cc(F)c3nccc(N4CCCCC4)c3c1)cn2SOI. The van der Waals surface area contributed by atoms with Crippen LogP contribution in [-0.2, 0) is 2.51 Å². The minimum absolute atomic E-state index is 0.234. The monoisotopic (exact) mass is 577 g/mol. The van der Waals surface area contributed by atoms with E-state index in [-0.39, 0.29) is 11.7 Å². The lowest BCUT2D eigenvalue weighted by Crippen LogP contribution is -2.29. The summed E-state index contributed by atoms with van der Waals surface area (Å²) in [5.74, 6) is -0.613. The molecule has 1 aromatic carbocycles. The van der Waals surface area contributed by atoms with Crippen molar-refractivity contribution in [3.05, 3.63) is 54.2 Å². The summed E-state index contributed by atoms with van der Waals surface area (Å²) in [5, 5.41) is 4.14. The minimum atomic E-state index is -0.379. The molecule has 5 rings (SSSR count). The van der Waals surface area contributed by atoms with E-state index < -0.39 is 0 Å². The maximum atomic E-state index is 15.3. The predicted octanol–water partition coefficient (Wildman–Crippen LogP) is 5.52. The average molecular weight is 577 g/mol. The van der Waals surface area contributed by atoms with Crippen LogP contribution in [-0.4, -0.2) is 40.0 Å². The van der Waals surface area contributed by atoms with Crippen LogP contribution in [0.25, 0.3) is 33.1 Å². The number of nitrogens with zero attached hydrogens (tertiary/aromatic N) is 4. The molecule has 0 atom stereocenters. The van der Waals surface area contributed by atoms with Gasteiger partial charge in [0.2, 0.25) is 0 Å². The number of pyridine rings is 2. The van der Waals surface area contributed by atoms with E-state index in [1.807, 2.05) is 18.3 Å². The summed E-state index contributed by atoms with van der Waals surface area (Å²) >= 11 is 2.89. The van der Waals surface area contributed by atoms with E-state index in [1.165, 1.54) is 18.7 Å². The van der Waals surface area contributed by atoms with Crippen LogP contribution in [0.1, 0.15) is 29.6 Å². The molecule has 1 aliphatic rings. The van der Waals surface area contributed by atoms with Crippen LogP contribution in [0.4, 0.5) is 10.1 Å². The van der Waals surface area contributed by atoms with Gasteiger partial charge < -0.3 is 10.2 Å². The number of piperidine rings is 1. The first kappa shape index (κ1) is 22.4. The van der Waals surface area contributed by atoms with Crippen molar-refractivity contribution in [2.45, 2.75) is 19.3 Å². The molecule has 0 bridgehead atoms. The largest absolute Gasteiger partial charge is 0.371 e. The van der Waals surface area contributed by atoms with Crippen LogP contribution in [0.2, 0.25) is 0 Å². The van der Waals surface area contributed by atoms with Crippen molar-refractivity contribution in [1.29, 1.82) is 0 Å². The summed E-state index contributed by atoms with van der Waals surface area (Å²) in [6.45, 7) is 1.90. The first-order valence-electron chi connectivity index (χ1n) is 10.6. The Morgan fingerprint density at radius 3 is 2.76 bits per heavy atom. The van der Waals surface area contributed by atoms with Crippen LogP contribution in [0, 0.1) is 5.82 Å². The molecule has 10 heteroatoms. The molecule has 0 saturated carbocycles. The maximum absolute atomic E-state index is 15.3. The molecule has 1 saturated heterocycles. The van der Waals surface area contributed by atoms with E-state index in [1.54, 1.807) is 46.3 Å². The van der Waals surface area contributed by atoms with Gasteiger partial charge in [-0.3, -0.25) is 13.8 Å². The van der Waals surface area contributed by atoms with Crippen molar-refractivity contribution in [1.82, 2.24) is 19.3 Å². The second kappa shape index (κ2) is 9.43. The quantitative estimate of drug-likeness (QED) is 0.249. The fraction of sp³-hybridized carbons (Fsp3) is 0.261. The number of amides is 1. The Bertz CT molecular complexity index is 1360. The summed E-state index contributed by atoms with van der Waals surface area (Å²) in [7, 11) is 1.58. The molecule has 33 heavy (non-hydrogen) atoms. The van der Waals surface area contributed by atoms with E-state index >= 15 is 4.39 Å². The Hall–Kier alpha value is -2.44. The molecule has 1 fully saturated rings. The number of halogens is 2. The Morgan fingerprint density at radius 1 is 1.18 bits per heavy atom. The highest BCUT2D eigenvalue weighted by Gasteiger charge is 2.20. The van der Waals surface area contributed by atoms with Crippen molar-refractivity contribution in [3.8, 4) is 11.1 Å². The van der Waals surface area contributed by atoms with Gasteiger partial charge in [-0.2, -0.15) is 0 Å². The molecule has 0 radical (unpaired) electrons. The highest BCUT2D eigenvalue weighted by atomic mass is 127. The van der Waals surface area contributed by atoms with Crippen molar-refractivity contribution >= 4 is 68.8 Å². The second-order valence-corrected chi connectivity index (χ2v) is 9.66. The molecule has 1 aliphatic heterocycles. The van der Waals surface area contributed by atoms with Crippen LogP contribution in [0.5, 0.6) is 0 Å². The number of hydrogen-bond donors (Lipinski definition) is 1. The van der Waals surface area contributed by atoms with Crippen molar-refractivity contribution in [2.24, 2.45) is 0 Å². The number of aromatic nitrogens is 3. The molecular formula is C23H21FIN5O2S. The Balaban J connectivity index is 1.72. The number of hydrogen-bond acceptors (Lipinski definition) is 6. The molecule has 170 valence electrons. The first-order valence-corrected chi connectivity index (χ1v) is 12.2. The van der Waals surface area contributed by atoms with Gasteiger partial charge in [0.1, 0.15) is 46.6 Å².